The molecule has 0 radical (unpaired) electrons. The van der Waals surface area contributed by atoms with E-state index in [0.29, 0.717) is 0 Å². The molecule has 0 fully saturated rings. The summed E-state index contributed by atoms with van der Waals surface area (Å²) in [5.41, 5.74) is 7.41. The Kier molecular flexibility index (Phi) is 2.18. The first-order valence-electron chi connectivity index (χ1n) is 4.55. The lowest BCUT2D eigenvalue weighted by Crippen LogP contribution is -1.96. The fourth-order valence-corrected chi connectivity index (χ4v) is 1.34. The van der Waals surface area contributed by atoms with Crippen molar-refractivity contribution in [2.45, 2.75) is 13.5 Å². The van der Waals surface area contributed by atoms with Crippen LogP contribution >= 0.6 is 0 Å². The number of aryl methyl sites for hydroxylation is 1. The molecule has 0 unspecified atom stereocenters. The molecule has 0 aliphatic heterocycles. The highest BCUT2D eigenvalue weighted by molar-refractivity contribution is 5.58. The van der Waals surface area contributed by atoms with Gasteiger partial charge < -0.3 is 10.3 Å². The standard InChI is InChI=1S/C10H12N4/c1-2-14-7-12-13-10(14)8-3-5-9(11)6-4-8/h3-7H,2,11H2,1H3. The summed E-state index contributed by atoms with van der Waals surface area (Å²) in [5, 5.41) is 7.93. The van der Waals surface area contributed by atoms with Crippen LogP contribution in [0.15, 0.2) is 30.6 Å². The number of hydrogen-bond acceptors (Lipinski definition) is 3. The van der Waals surface area contributed by atoms with Crippen LogP contribution in [0.1, 0.15) is 6.92 Å². The van der Waals surface area contributed by atoms with Crippen LogP contribution in [0.4, 0.5) is 5.69 Å². The molecule has 2 rings (SSSR count). The molecule has 0 saturated heterocycles. The lowest BCUT2D eigenvalue weighted by atomic mass is 10.2. The van der Waals surface area contributed by atoms with Crippen molar-refractivity contribution in [2.75, 3.05) is 5.73 Å². The van der Waals surface area contributed by atoms with Gasteiger partial charge >= 0.3 is 0 Å². The second kappa shape index (κ2) is 3.49. The molecular formula is C10H12N4. The first-order valence-corrected chi connectivity index (χ1v) is 4.55. The van der Waals surface area contributed by atoms with Crippen molar-refractivity contribution < 1.29 is 0 Å². The zero-order valence-corrected chi connectivity index (χ0v) is 8.01. The summed E-state index contributed by atoms with van der Waals surface area (Å²) >= 11 is 0. The van der Waals surface area contributed by atoms with Gasteiger partial charge in [0.05, 0.1) is 0 Å². The van der Waals surface area contributed by atoms with E-state index in [-0.39, 0.29) is 0 Å². The highest BCUT2D eigenvalue weighted by atomic mass is 15.3. The largest absolute Gasteiger partial charge is 0.399 e. The lowest BCUT2D eigenvalue weighted by Gasteiger charge is -2.02. The molecule has 0 aliphatic carbocycles. The summed E-state index contributed by atoms with van der Waals surface area (Å²) in [6.45, 7) is 2.93. The smallest absolute Gasteiger partial charge is 0.163 e. The molecule has 0 amide bonds. The van der Waals surface area contributed by atoms with Crippen LogP contribution in [0, 0.1) is 0 Å². The van der Waals surface area contributed by atoms with Gasteiger partial charge in [0.25, 0.3) is 0 Å². The minimum atomic E-state index is 0.760. The molecule has 14 heavy (non-hydrogen) atoms. The van der Waals surface area contributed by atoms with Crippen molar-refractivity contribution in [1.29, 1.82) is 0 Å². The summed E-state index contributed by atoms with van der Waals surface area (Å²) in [4.78, 5) is 0. The molecule has 4 heteroatoms. The van der Waals surface area contributed by atoms with E-state index in [4.69, 9.17) is 5.73 Å². The van der Waals surface area contributed by atoms with E-state index >= 15 is 0 Å². The van der Waals surface area contributed by atoms with Gasteiger partial charge in [-0.2, -0.15) is 0 Å². The first kappa shape index (κ1) is 8.74. The van der Waals surface area contributed by atoms with Gasteiger partial charge in [-0.05, 0) is 31.2 Å². The molecular weight excluding hydrogens is 176 g/mol. The maximum atomic E-state index is 5.61. The molecule has 2 aromatic rings. The quantitative estimate of drug-likeness (QED) is 0.727. The van der Waals surface area contributed by atoms with Gasteiger partial charge in [0, 0.05) is 17.8 Å². The van der Waals surface area contributed by atoms with Gasteiger partial charge in [-0.3, -0.25) is 0 Å². The number of anilines is 1. The van der Waals surface area contributed by atoms with Gasteiger partial charge in [0.2, 0.25) is 0 Å². The Morgan fingerprint density at radius 2 is 2.00 bits per heavy atom. The molecule has 4 nitrogen and oxygen atoms in total. The van der Waals surface area contributed by atoms with Gasteiger partial charge in [0.1, 0.15) is 6.33 Å². The van der Waals surface area contributed by atoms with Crippen LogP contribution in [0.3, 0.4) is 0 Å². The fourth-order valence-electron chi connectivity index (χ4n) is 1.34. The average molecular weight is 188 g/mol. The van der Waals surface area contributed by atoms with Crippen LogP contribution in [0.2, 0.25) is 0 Å². The molecule has 0 saturated carbocycles. The predicted molar refractivity (Wildman–Crippen MR) is 55.5 cm³/mol. The topological polar surface area (TPSA) is 56.7 Å². The van der Waals surface area contributed by atoms with Crippen molar-refractivity contribution >= 4 is 5.69 Å². The zero-order chi connectivity index (χ0) is 9.97. The molecule has 1 aromatic carbocycles. The zero-order valence-electron chi connectivity index (χ0n) is 8.01. The number of rotatable bonds is 2. The Bertz CT molecular complexity index is 416. The minimum absolute atomic E-state index is 0.760. The Labute approximate surface area is 82.4 Å². The third-order valence-corrected chi connectivity index (χ3v) is 2.13. The molecule has 0 atom stereocenters. The first-order chi connectivity index (χ1) is 6.81. The minimum Gasteiger partial charge on any atom is -0.399 e. The van der Waals surface area contributed by atoms with Gasteiger partial charge in [-0.25, -0.2) is 0 Å². The van der Waals surface area contributed by atoms with Crippen LogP contribution in [-0.4, -0.2) is 14.8 Å². The number of hydrogen-bond donors (Lipinski definition) is 1. The summed E-state index contributed by atoms with van der Waals surface area (Å²) in [6, 6.07) is 7.63. The fraction of sp³-hybridized carbons (Fsp3) is 0.200. The maximum Gasteiger partial charge on any atom is 0.163 e. The molecule has 0 bridgehead atoms. The Morgan fingerprint density at radius 1 is 1.29 bits per heavy atom. The van der Waals surface area contributed by atoms with E-state index < -0.39 is 0 Å². The van der Waals surface area contributed by atoms with E-state index in [1.54, 1.807) is 6.33 Å². The highest BCUT2D eigenvalue weighted by Gasteiger charge is 2.04. The van der Waals surface area contributed by atoms with Crippen LogP contribution in [-0.2, 0) is 6.54 Å². The normalized spacial score (nSPS) is 10.4. The SMILES string of the molecule is CCn1cnnc1-c1ccc(N)cc1. The Morgan fingerprint density at radius 3 is 2.64 bits per heavy atom. The van der Waals surface area contributed by atoms with Crippen molar-refractivity contribution in [2.24, 2.45) is 0 Å². The second-order valence-electron chi connectivity index (χ2n) is 3.06. The molecule has 72 valence electrons. The predicted octanol–water partition coefficient (Wildman–Crippen LogP) is 1.55. The highest BCUT2D eigenvalue weighted by Crippen LogP contribution is 2.17. The number of nitrogens with two attached hydrogens (primary N) is 1. The molecule has 1 heterocycles. The molecule has 0 aliphatic rings. The van der Waals surface area contributed by atoms with E-state index in [1.807, 2.05) is 28.8 Å². The summed E-state index contributed by atoms with van der Waals surface area (Å²) in [5.74, 6) is 0.882. The monoisotopic (exact) mass is 188 g/mol. The summed E-state index contributed by atoms with van der Waals surface area (Å²) in [6.07, 6.45) is 1.73. The second-order valence-corrected chi connectivity index (χ2v) is 3.06. The van der Waals surface area contributed by atoms with Gasteiger partial charge in [-0.15, -0.1) is 10.2 Å². The van der Waals surface area contributed by atoms with Gasteiger partial charge in [0.15, 0.2) is 5.82 Å². The maximum absolute atomic E-state index is 5.61. The number of aromatic nitrogens is 3. The van der Waals surface area contributed by atoms with Crippen LogP contribution in [0.5, 0.6) is 0 Å². The Balaban J connectivity index is 2.44. The molecule has 2 N–H and O–H groups in total. The summed E-state index contributed by atoms with van der Waals surface area (Å²) < 4.78 is 1.99. The van der Waals surface area contributed by atoms with Crippen molar-refractivity contribution in [3.63, 3.8) is 0 Å². The number of nitrogen functional groups attached to an aromatic ring is 1. The Hall–Kier alpha value is -1.84. The van der Waals surface area contributed by atoms with Crippen LogP contribution < -0.4 is 5.73 Å². The van der Waals surface area contributed by atoms with Gasteiger partial charge in [-0.1, -0.05) is 0 Å². The van der Waals surface area contributed by atoms with E-state index in [1.165, 1.54) is 0 Å². The van der Waals surface area contributed by atoms with Crippen molar-refractivity contribution in [1.82, 2.24) is 14.8 Å². The third kappa shape index (κ3) is 1.46. The molecule has 1 aromatic heterocycles. The van der Waals surface area contributed by atoms with Crippen molar-refractivity contribution in [3.05, 3.63) is 30.6 Å². The number of nitrogens with zero attached hydrogens (tertiary/aromatic N) is 3. The van der Waals surface area contributed by atoms with E-state index in [2.05, 4.69) is 17.1 Å². The lowest BCUT2D eigenvalue weighted by molar-refractivity contribution is 0.767. The van der Waals surface area contributed by atoms with E-state index in [0.717, 1.165) is 23.6 Å². The third-order valence-electron chi connectivity index (χ3n) is 2.13. The average Bonchev–Trinajstić information content (AvgIpc) is 2.67. The van der Waals surface area contributed by atoms with E-state index in [9.17, 15) is 0 Å². The molecule has 0 spiro atoms. The number of benzene rings is 1. The van der Waals surface area contributed by atoms with Crippen LogP contribution in [0.25, 0.3) is 11.4 Å². The van der Waals surface area contributed by atoms with Crippen molar-refractivity contribution in [3.8, 4) is 11.4 Å². The summed E-state index contributed by atoms with van der Waals surface area (Å²) in [7, 11) is 0.